The van der Waals surface area contributed by atoms with Gasteiger partial charge in [0.25, 0.3) is 11.6 Å². The summed E-state index contributed by atoms with van der Waals surface area (Å²) in [5.74, 6) is -1.77. The molecule has 0 fully saturated rings. The van der Waals surface area contributed by atoms with Crippen molar-refractivity contribution in [2.24, 2.45) is 0 Å². The minimum atomic E-state index is -0.871. The first kappa shape index (κ1) is 23.4. The van der Waals surface area contributed by atoms with E-state index < -0.39 is 22.5 Å². The van der Waals surface area contributed by atoms with Crippen molar-refractivity contribution in [3.05, 3.63) is 106 Å². The van der Waals surface area contributed by atoms with Gasteiger partial charge in [-0.1, -0.05) is 12.1 Å². The molecule has 4 aromatic rings. The number of aryl methyl sites for hydroxylation is 1. The number of carbonyl (C=O) groups excluding carboxylic acids is 1. The van der Waals surface area contributed by atoms with Crippen molar-refractivity contribution in [1.29, 1.82) is 0 Å². The summed E-state index contributed by atoms with van der Waals surface area (Å²) >= 11 is 0. The van der Waals surface area contributed by atoms with Crippen LogP contribution in [0.4, 0.5) is 20.2 Å². The van der Waals surface area contributed by atoms with Crippen molar-refractivity contribution >= 4 is 17.3 Å². The van der Waals surface area contributed by atoms with E-state index in [1.54, 1.807) is 18.2 Å². The third kappa shape index (κ3) is 5.96. The third-order valence-corrected chi connectivity index (χ3v) is 4.70. The van der Waals surface area contributed by atoms with Gasteiger partial charge >= 0.3 is 0 Å². The van der Waals surface area contributed by atoms with Crippen molar-refractivity contribution in [2.75, 3.05) is 5.32 Å². The minimum Gasteiger partial charge on any atom is -0.468 e. The summed E-state index contributed by atoms with van der Waals surface area (Å²) in [7, 11) is 0. The SMILES string of the molecule is Cc1cccc(Oc2cc(NC(=O)c3ccn(COc4ccc(F)cc4F)n3)cc([N+](=O)[O-])c2)c1. The van der Waals surface area contributed by atoms with Crippen LogP contribution >= 0.6 is 0 Å². The molecule has 0 aliphatic heterocycles. The second-order valence-electron chi connectivity index (χ2n) is 7.43. The van der Waals surface area contributed by atoms with Crippen LogP contribution in [0.2, 0.25) is 0 Å². The molecule has 0 radical (unpaired) electrons. The highest BCUT2D eigenvalue weighted by atomic mass is 19.1. The molecule has 0 saturated carbocycles. The predicted molar refractivity (Wildman–Crippen MR) is 122 cm³/mol. The minimum absolute atomic E-state index is 0.0131. The highest BCUT2D eigenvalue weighted by molar-refractivity contribution is 6.03. The molecule has 0 spiro atoms. The first-order chi connectivity index (χ1) is 16.8. The Morgan fingerprint density at radius 1 is 1.09 bits per heavy atom. The van der Waals surface area contributed by atoms with Gasteiger partial charge in [-0.15, -0.1) is 0 Å². The van der Waals surface area contributed by atoms with Gasteiger partial charge in [-0.25, -0.2) is 13.5 Å². The van der Waals surface area contributed by atoms with Crippen LogP contribution in [-0.2, 0) is 6.73 Å². The van der Waals surface area contributed by atoms with Gasteiger partial charge in [0.15, 0.2) is 24.0 Å². The molecular formula is C24H18F2N4O5. The highest BCUT2D eigenvalue weighted by Gasteiger charge is 2.16. The van der Waals surface area contributed by atoms with E-state index in [2.05, 4.69) is 10.4 Å². The summed E-state index contributed by atoms with van der Waals surface area (Å²) in [5.41, 5.74) is 0.792. The Morgan fingerprint density at radius 2 is 1.91 bits per heavy atom. The lowest BCUT2D eigenvalue weighted by Gasteiger charge is -2.09. The number of nitrogens with one attached hydrogen (secondary N) is 1. The Bertz CT molecular complexity index is 1410. The quantitative estimate of drug-likeness (QED) is 0.265. The molecule has 0 atom stereocenters. The van der Waals surface area contributed by atoms with Crippen LogP contribution in [0.1, 0.15) is 16.1 Å². The molecule has 0 aliphatic carbocycles. The first-order valence-corrected chi connectivity index (χ1v) is 10.2. The van der Waals surface area contributed by atoms with Gasteiger partial charge in [0.05, 0.1) is 16.7 Å². The molecule has 11 heteroatoms. The molecule has 35 heavy (non-hydrogen) atoms. The Labute approximate surface area is 197 Å². The fraction of sp³-hybridized carbons (Fsp3) is 0.0833. The molecule has 1 heterocycles. The van der Waals surface area contributed by atoms with Crippen LogP contribution in [0.15, 0.2) is 72.9 Å². The molecule has 4 rings (SSSR count). The lowest BCUT2D eigenvalue weighted by molar-refractivity contribution is -0.384. The average molecular weight is 480 g/mol. The summed E-state index contributed by atoms with van der Waals surface area (Å²) in [6.45, 7) is 1.65. The zero-order valence-electron chi connectivity index (χ0n) is 18.3. The number of carbonyl (C=O) groups is 1. The molecule has 0 bridgehead atoms. The normalized spacial score (nSPS) is 10.6. The second-order valence-corrected chi connectivity index (χ2v) is 7.43. The number of aromatic nitrogens is 2. The molecular weight excluding hydrogens is 462 g/mol. The van der Waals surface area contributed by atoms with Gasteiger partial charge in [-0.05, 0) is 42.8 Å². The smallest absolute Gasteiger partial charge is 0.276 e. The van der Waals surface area contributed by atoms with Crippen molar-refractivity contribution in [1.82, 2.24) is 9.78 Å². The van der Waals surface area contributed by atoms with E-state index >= 15 is 0 Å². The number of anilines is 1. The molecule has 0 aliphatic rings. The molecule has 1 aromatic heterocycles. The third-order valence-electron chi connectivity index (χ3n) is 4.70. The number of halogens is 2. The Hall–Kier alpha value is -4.80. The van der Waals surface area contributed by atoms with E-state index in [1.807, 2.05) is 13.0 Å². The maximum Gasteiger partial charge on any atom is 0.276 e. The number of rotatable bonds is 8. The molecule has 178 valence electrons. The van der Waals surface area contributed by atoms with E-state index in [0.29, 0.717) is 11.8 Å². The summed E-state index contributed by atoms with van der Waals surface area (Å²) in [5, 5.41) is 18.0. The summed E-state index contributed by atoms with van der Waals surface area (Å²) in [6.07, 6.45) is 1.43. The van der Waals surface area contributed by atoms with E-state index in [9.17, 15) is 23.7 Å². The zero-order chi connectivity index (χ0) is 24.9. The van der Waals surface area contributed by atoms with E-state index in [1.165, 1.54) is 35.1 Å². The van der Waals surface area contributed by atoms with Crippen LogP contribution in [0.3, 0.4) is 0 Å². The average Bonchev–Trinajstić information content (AvgIpc) is 3.27. The molecule has 3 aromatic carbocycles. The number of non-ortho nitro benzene ring substituents is 1. The van der Waals surface area contributed by atoms with Crippen LogP contribution < -0.4 is 14.8 Å². The Balaban J connectivity index is 1.46. The first-order valence-electron chi connectivity index (χ1n) is 10.2. The fourth-order valence-corrected chi connectivity index (χ4v) is 3.11. The van der Waals surface area contributed by atoms with Crippen molar-refractivity contribution in [2.45, 2.75) is 13.7 Å². The predicted octanol–water partition coefficient (Wildman–Crippen LogP) is 5.46. The summed E-state index contributed by atoms with van der Waals surface area (Å²) in [6, 6.07) is 15.3. The van der Waals surface area contributed by atoms with E-state index in [4.69, 9.17) is 9.47 Å². The van der Waals surface area contributed by atoms with Crippen molar-refractivity contribution in [3.63, 3.8) is 0 Å². The van der Waals surface area contributed by atoms with Gasteiger partial charge in [0.1, 0.15) is 17.3 Å². The largest absolute Gasteiger partial charge is 0.468 e. The number of ether oxygens (including phenoxy) is 2. The topological polar surface area (TPSA) is 109 Å². The van der Waals surface area contributed by atoms with Crippen LogP contribution in [0.5, 0.6) is 17.2 Å². The van der Waals surface area contributed by atoms with Crippen LogP contribution in [0, 0.1) is 28.7 Å². The molecule has 1 amide bonds. The lowest BCUT2D eigenvalue weighted by atomic mass is 10.2. The number of hydrogen-bond donors (Lipinski definition) is 1. The van der Waals surface area contributed by atoms with E-state index in [0.717, 1.165) is 17.7 Å². The second kappa shape index (κ2) is 10.00. The Morgan fingerprint density at radius 3 is 2.66 bits per heavy atom. The summed E-state index contributed by atoms with van der Waals surface area (Å²) < 4.78 is 38.9. The number of nitrogens with zero attached hydrogens (tertiary/aromatic N) is 3. The number of benzene rings is 3. The molecule has 0 unspecified atom stereocenters. The standard InChI is InChI=1S/C24H18F2N4O5/c1-15-3-2-4-19(9-15)35-20-12-17(11-18(13-20)30(32)33)27-24(31)22-7-8-29(28-22)14-34-23-6-5-16(25)10-21(23)26/h2-13H,14H2,1H3,(H,27,31). The molecule has 0 saturated heterocycles. The van der Waals surface area contributed by atoms with Crippen LogP contribution in [-0.4, -0.2) is 20.6 Å². The van der Waals surface area contributed by atoms with Gasteiger partial charge < -0.3 is 14.8 Å². The lowest BCUT2D eigenvalue weighted by Crippen LogP contribution is -2.14. The zero-order valence-corrected chi connectivity index (χ0v) is 18.3. The fourth-order valence-electron chi connectivity index (χ4n) is 3.11. The maximum atomic E-state index is 13.7. The molecule has 9 nitrogen and oxygen atoms in total. The number of amides is 1. The maximum absolute atomic E-state index is 13.7. The molecule has 1 N–H and O–H groups in total. The number of hydrogen-bond acceptors (Lipinski definition) is 6. The van der Waals surface area contributed by atoms with Gasteiger partial charge in [-0.3, -0.25) is 14.9 Å². The van der Waals surface area contributed by atoms with E-state index in [-0.39, 0.29) is 35.3 Å². The van der Waals surface area contributed by atoms with Crippen molar-refractivity contribution in [3.8, 4) is 17.2 Å². The van der Waals surface area contributed by atoms with Crippen molar-refractivity contribution < 1.29 is 28.0 Å². The van der Waals surface area contributed by atoms with Gasteiger partial charge in [-0.2, -0.15) is 5.10 Å². The van der Waals surface area contributed by atoms with Crippen LogP contribution in [0.25, 0.3) is 0 Å². The van der Waals surface area contributed by atoms with Gasteiger partial charge in [0.2, 0.25) is 0 Å². The summed E-state index contributed by atoms with van der Waals surface area (Å²) in [4.78, 5) is 23.4. The number of nitro groups is 1. The highest BCUT2D eigenvalue weighted by Crippen LogP contribution is 2.30. The van der Waals surface area contributed by atoms with Gasteiger partial charge in [0, 0.05) is 24.4 Å². The number of nitro benzene ring substituents is 1. The Kier molecular flexibility index (Phi) is 6.67. The monoisotopic (exact) mass is 480 g/mol.